The van der Waals surface area contributed by atoms with E-state index in [0.717, 1.165) is 5.52 Å². The topological polar surface area (TPSA) is 86.2 Å². The van der Waals surface area contributed by atoms with Gasteiger partial charge in [0.2, 0.25) is 5.43 Å². The van der Waals surface area contributed by atoms with Crippen molar-refractivity contribution in [3.8, 4) is 22.9 Å². The smallest absolute Gasteiger partial charge is 0.208 e. The van der Waals surface area contributed by atoms with Gasteiger partial charge in [-0.1, -0.05) is 30.3 Å². The molecule has 0 amide bonds. The predicted octanol–water partition coefficient (Wildman–Crippen LogP) is 4.59. The van der Waals surface area contributed by atoms with Crippen LogP contribution in [0.15, 0.2) is 103 Å². The second kappa shape index (κ2) is 7.25. The Labute approximate surface area is 169 Å². The lowest BCUT2D eigenvalue weighted by Crippen LogP contribution is -2.05. The van der Waals surface area contributed by atoms with E-state index in [1.807, 2.05) is 48.5 Å². The normalized spacial score (nSPS) is 10.9. The summed E-state index contributed by atoms with van der Waals surface area (Å²) in [6, 6.07) is 24.4. The third kappa shape index (κ3) is 3.31. The van der Waals surface area contributed by atoms with Gasteiger partial charge < -0.3 is 8.83 Å². The highest BCUT2D eigenvalue weighted by Gasteiger charge is 2.10. The van der Waals surface area contributed by atoms with Crippen LogP contribution in [0.2, 0.25) is 0 Å². The van der Waals surface area contributed by atoms with Crippen LogP contribution < -0.4 is 10.9 Å². The van der Waals surface area contributed by atoms with Crippen LogP contribution in [0.1, 0.15) is 0 Å². The van der Waals surface area contributed by atoms with E-state index < -0.39 is 0 Å². The van der Waals surface area contributed by atoms with E-state index in [2.05, 4.69) is 9.97 Å². The SMILES string of the molecule is O=c1ccc2nc3ccccc3oc-2c1.O=c1cccc2oc3ccccc3nc1-2. The van der Waals surface area contributed by atoms with Crippen molar-refractivity contribution in [2.45, 2.75) is 0 Å². The Morgan fingerprint density at radius 3 is 2.03 bits per heavy atom. The van der Waals surface area contributed by atoms with Gasteiger partial charge in [0.15, 0.2) is 33.8 Å². The lowest BCUT2D eigenvalue weighted by molar-refractivity contribution is 0.612. The van der Waals surface area contributed by atoms with Gasteiger partial charge >= 0.3 is 0 Å². The highest BCUT2D eigenvalue weighted by molar-refractivity contribution is 5.76. The molecule has 0 bridgehead atoms. The Hall–Kier alpha value is -4.32. The number of rotatable bonds is 0. The molecule has 30 heavy (non-hydrogen) atoms. The molecule has 0 saturated heterocycles. The van der Waals surface area contributed by atoms with Crippen molar-refractivity contribution >= 4 is 22.2 Å². The minimum Gasteiger partial charge on any atom is -0.453 e. The largest absolute Gasteiger partial charge is 0.453 e. The van der Waals surface area contributed by atoms with Crippen molar-refractivity contribution in [1.29, 1.82) is 0 Å². The maximum Gasteiger partial charge on any atom is 0.208 e. The number of benzene rings is 4. The van der Waals surface area contributed by atoms with E-state index in [1.54, 1.807) is 18.2 Å². The number of aromatic nitrogens is 2. The molecular formula is C24H14N2O4. The fourth-order valence-electron chi connectivity index (χ4n) is 3.12. The average molecular weight is 394 g/mol. The summed E-state index contributed by atoms with van der Waals surface area (Å²) in [5.41, 5.74) is 3.79. The van der Waals surface area contributed by atoms with Gasteiger partial charge in [0.05, 0.1) is 0 Å². The van der Waals surface area contributed by atoms with E-state index in [0.29, 0.717) is 39.6 Å². The van der Waals surface area contributed by atoms with Crippen LogP contribution in [0.5, 0.6) is 0 Å². The Kier molecular flexibility index (Phi) is 4.29. The molecule has 0 saturated carbocycles. The Balaban J connectivity index is 0.000000128. The van der Waals surface area contributed by atoms with E-state index in [-0.39, 0.29) is 10.9 Å². The molecule has 0 unspecified atom stereocenters. The Morgan fingerprint density at radius 1 is 0.600 bits per heavy atom. The van der Waals surface area contributed by atoms with Crippen molar-refractivity contribution < 1.29 is 8.83 Å². The van der Waals surface area contributed by atoms with Crippen molar-refractivity contribution in [3.05, 3.63) is 105 Å². The molecule has 144 valence electrons. The summed E-state index contributed by atoms with van der Waals surface area (Å²) in [5, 5.41) is 0. The Morgan fingerprint density at radius 2 is 1.27 bits per heavy atom. The average Bonchev–Trinajstić information content (AvgIpc) is 2.77. The fourth-order valence-corrected chi connectivity index (χ4v) is 3.12. The van der Waals surface area contributed by atoms with Gasteiger partial charge in [0, 0.05) is 6.07 Å². The second-order valence-electron chi connectivity index (χ2n) is 6.60. The molecule has 4 aliphatic rings. The second-order valence-corrected chi connectivity index (χ2v) is 6.60. The third-order valence-corrected chi connectivity index (χ3v) is 4.54. The monoisotopic (exact) mass is 394 g/mol. The van der Waals surface area contributed by atoms with Crippen LogP contribution >= 0.6 is 0 Å². The molecule has 2 aromatic rings. The van der Waals surface area contributed by atoms with Gasteiger partial charge in [-0.3, -0.25) is 9.59 Å². The highest BCUT2D eigenvalue weighted by atomic mass is 16.3. The van der Waals surface area contributed by atoms with Crippen molar-refractivity contribution in [3.63, 3.8) is 0 Å². The third-order valence-electron chi connectivity index (χ3n) is 4.54. The summed E-state index contributed by atoms with van der Waals surface area (Å²) >= 11 is 0. The van der Waals surface area contributed by atoms with Crippen LogP contribution in [0.25, 0.3) is 45.1 Å². The van der Waals surface area contributed by atoms with E-state index >= 15 is 0 Å². The van der Waals surface area contributed by atoms with Gasteiger partial charge in [-0.15, -0.1) is 0 Å². The molecule has 0 fully saturated rings. The molecule has 6 nitrogen and oxygen atoms in total. The van der Waals surface area contributed by atoms with E-state index in [1.165, 1.54) is 18.2 Å². The summed E-state index contributed by atoms with van der Waals surface area (Å²) < 4.78 is 11.1. The first-order chi connectivity index (χ1) is 14.7. The number of nitrogens with zero attached hydrogens (tertiary/aromatic N) is 2. The predicted molar refractivity (Wildman–Crippen MR) is 114 cm³/mol. The molecule has 2 aliphatic heterocycles. The van der Waals surface area contributed by atoms with Gasteiger partial charge in [-0.25, -0.2) is 9.97 Å². The van der Waals surface area contributed by atoms with Crippen molar-refractivity contribution in [2.75, 3.05) is 0 Å². The molecule has 6 rings (SSSR count). The fraction of sp³-hybridized carbons (Fsp3) is 0. The zero-order valence-electron chi connectivity index (χ0n) is 15.6. The molecule has 0 atom stereocenters. The first-order valence-corrected chi connectivity index (χ1v) is 9.26. The van der Waals surface area contributed by atoms with Gasteiger partial charge in [-0.05, 0) is 48.5 Å². The standard InChI is InChI=1S/2C12H7NO2/c14-9-5-3-7-11-12(9)13-8-4-1-2-6-10(8)15-11;14-8-5-6-10-12(7-8)15-11-4-2-1-3-9(11)13-10/h2*1-7H. The summed E-state index contributed by atoms with van der Waals surface area (Å²) in [6.45, 7) is 0. The summed E-state index contributed by atoms with van der Waals surface area (Å²) in [5.74, 6) is 1.06. The Bertz CT molecular complexity index is 1540. The van der Waals surface area contributed by atoms with Crippen LogP contribution in [0.3, 0.4) is 0 Å². The van der Waals surface area contributed by atoms with Crippen molar-refractivity contribution in [2.24, 2.45) is 0 Å². The molecule has 6 heteroatoms. The molecule has 0 aromatic heterocycles. The summed E-state index contributed by atoms with van der Waals surface area (Å²) in [4.78, 5) is 31.3. The van der Waals surface area contributed by atoms with Crippen LogP contribution in [0, 0.1) is 0 Å². The molecule has 2 aliphatic carbocycles. The van der Waals surface area contributed by atoms with Crippen LogP contribution in [-0.4, -0.2) is 9.97 Å². The molecule has 0 spiro atoms. The number of hydrogen-bond acceptors (Lipinski definition) is 6. The number of hydrogen-bond donors (Lipinski definition) is 0. The number of fused-ring (bicyclic) bond motifs is 4. The first-order valence-electron chi connectivity index (χ1n) is 9.26. The van der Waals surface area contributed by atoms with Gasteiger partial charge in [0.25, 0.3) is 0 Å². The quantitative estimate of drug-likeness (QED) is 0.350. The minimum absolute atomic E-state index is 0.0664. The summed E-state index contributed by atoms with van der Waals surface area (Å²) in [6.07, 6.45) is 0. The molecule has 0 N–H and O–H groups in total. The van der Waals surface area contributed by atoms with E-state index in [4.69, 9.17) is 8.83 Å². The van der Waals surface area contributed by atoms with Gasteiger partial charge in [-0.2, -0.15) is 0 Å². The first kappa shape index (κ1) is 17.8. The summed E-state index contributed by atoms with van der Waals surface area (Å²) in [7, 11) is 0. The molecule has 0 radical (unpaired) electrons. The number of para-hydroxylation sites is 5. The lowest BCUT2D eigenvalue weighted by atomic mass is 10.2. The maximum absolute atomic E-state index is 11.5. The molecular weight excluding hydrogens is 380 g/mol. The maximum atomic E-state index is 11.5. The lowest BCUT2D eigenvalue weighted by Gasteiger charge is -2.04. The minimum atomic E-state index is -0.109. The van der Waals surface area contributed by atoms with Crippen LogP contribution in [-0.2, 0) is 0 Å². The van der Waals surface area contributed by atoms with E-state index in [9.17, 15) is 9.59 Å². The van der Waals surface area contributed by atoms with Gasteiger partial charge in [0.1, 0.15) is 16.7 Å². The van der Waals surface area contributed by atoms with Crippen molar-refractivity contribution in [1.82, 2.24) is 9.97 Å². The van der Waals surface area contributed by atoms with Crippen LogP contribution in [0.4, 0.5) is 0 Å². The molecule has 2 heterocycles. The molecule has 2 aromatic carbocycles. The zero-order valence-corrected chi connectivity index (χ0v) is 15.6. The highest BCUT2D eigenvalue weighted by Crippen LogP contribution is 2.23. The zero-order chi connectivity index (χ0) is 20.5.